The molecule has 0 radical (unpaired) electrons. The van der Waals surface area contributed by atoms with Crippen LogP contribution in [0, 0.1) is 6.92 Å². The number of ether oxygens (including phenoxy) is 1. The van der Waals surface area contributed by atoms with Gasteiger partial charge in [-0.1, -0.05) is 11.6 Å². The van der Waals surface area contributed by atoms with E-state index >= 15 is 0 Å². The fourth-order valence-electron chi connectivity index (χ4n) is 2.25. The van der Waals surface area contributed by atoms with Gasteiger partial charge in [0.25, 0.3) is 0 Å². The molecule has 6 nitrogen and oxygen atoms in total. The minimum atomic E-state index is -0.0458. The molecule has 7 heteroatoms. The van der Waals surface area contributed by atoms with Crippen LogP contribution in [-0.2, 0) is 18.3 Å². The maximum Gasteiger partial charge on any atom is 0.0837 e. The number of hydrogen-bond donors (Lipinski definition) is 1. The Morgan fingerprint density at radius 3 is 2.70 bits per heavy atom. The lowest BCUT2D eigenvalue weighted by atomic mass is 10.0. The topological polar surface area (TPSA) is 56.9 Å². The summed E-state index contributed by atoms with van der Waals surface area (Å²) in [6.45, 7) is 3.29. The van der Waals surface area contributed by atoms with Crippen LogP contribution in [0.3, 0.4) is 0 Å². The van der Waals surface area contributed by atoms with E-state index in [2.05, 4.69) is 15.5 Å². The molecule has 1 atom stereocenters. The van der Waals surface area contributed by atoms with Gasteiger partial charge in [0.2, 0.25) is 0 Å². The van der Waals surface area contributed by atoms with Gasteiger partial charge in [-0.25, -0.2) is 0 Å². The standard InChI is InChI=1S/C13H20ClN5O/c1-9-10(7-16-18(9)3)12(15-2)13-11(14)8-17-19(13)5-6-20-4/h7-8,12,15H,5-6H2,1-4H3. The second-order valence-corrected chi connectivity index (χ2v) is 5.03. The van der Waals surface area contributed by atoms with Crippen molar-refractivity contribution in [3.8, 4) is 0 Å². The zero-order valence-corrected chi connectivity index (χ0v) is 13.0. The van der Waals surface area contributed by atoms with Gasteiger partial charge in [0, 0.05) is 25.4 Å². The highest BCUT2D eigenvalue weighted by Gasteiger charge is 2.23. The Morgan fingerprint density at radius 1 is 1.40 bits per heavy atom. The molecule has 0 aliphatic rings. The van der Waals surface area contributed by atoms with E-state index in [9.17, 15) is 0 Å². The van der Waals surface area contributed by atoms with Crippen LogP contribution in [0.15, 0.2) is 12.4 Å². The van der Waals surface area contributed by atoms with Crippen molar-refractivity contribution in [2.75, 3.05) is 20.8 Å². The van der Waals surface area contributed by atoms with Crippen molar-refractivity contribution in [2.45, 2.75) is 19.5 Å². The van der Waals surface area contributed by atoms with Gasteiger partial charge in [-0.15, -0.1) is 0 Å². The van der Waals surface area contributed by atoms with Crippen molar-refractivity contribution in [1.82, 2.24) is 24.9 Å². The van der Waals surface area contributed by atoms with Crippen molar-refractivity contribution < 1.29 is 4.74 Å². The predicted molar refractivity (Wildman–Crippen MR) is 78.0 cm³/mol. The number of aromatic nitrogens is 4. The first-order valence-electron chi connectivity index (χ1n) is 6.46. The minimum Gasteiger partial charge on any atom is -0.383 e. The monoisotopic (exact) mass is 297 g/mol. The minimum absolute atomic E-state index is 0.0458. The Bertz CT molecular complexity index is 577. The van der Waals surface area contributed by atoms with Crippen LogP contribution >= 0.6 is 11.6 Å². The summed E-state index contributed by atoms with van der Waals surface area (Å²) in [5, 5.41) is 12.6. The summed E-state index contributed by atoms with van der Waals surface area (Å²) < 4.78 is 8.84. The van der Waals surface area contributed by atoms with Crippen LogP contribution in [0.1, 0.15) is 23.0 Å². The van der Waals surface area contributed by atoms with Gasteiger partial charge in [0.05, 0.1) is 42.3 Å². The number of aryl methyl sites for hydroxylation is 1. The van der Waals surface area contributed by atoms with Crippen molar-refractivity contribution in [1.29, 1.82) is 0 Å². The largest absolute Gasteiger partial charge is 0.383 e. The van der Waals surface area contributed by atoms with E-state index in [1.807, 2.05) is 36.6 Å². The van der Waals surface area contributed by atoms with Gasteiger partial charge in [0.15, 0.2) is 0 Å². The summed E-state index contributed by atoms with van der Waals surface area (Å²) in [5.74, 6) is 0. The van der Waals surface area contributed by atoms with E-state index in [0.717, 1.165) is 17.0 Å². The predicted octanol–water partition coefficient (Wildman–Crippen LogP) is 1.53. The Morgan fingerprint density at radius 2 is 2.15 bits per heavy atom. The first-order valence-corrected chi connectivity index (χ1v) is 6.83. The maximum atomic E-state index is 6.32. The molecule has 0 aliphatic heterocycles. The van der Waals surface area contributed by atoms with E-state index in [1.165, 1.54) is 0 Å². The number of hydrogen-bond acceptors (Lipinski definition) is 4. The first-order chi connectivity index (χ1) is 9.60. The van der Waals surface area contributed by atoms with Crippen LogP contribution < -0.4 is 5.32 Å². The average molecular weight is 298 g/mol. The number of methoxy groups -OCH3 is 1. The van der Waals surface area contributed by atoms with E-state index in [1.54, 1.807) is 13.3 Å². The van der Waals surface area contributed by atoms with Crippen LogP contribution in [0.2, 0.25) is 5.02 Å². The summed E-state index contributed by atoms with van der Waals surface area (Å²) in [5.41, 5.74) is 3.12. The van der Waals surface area contributed by atoms with Crippen molar-refractivity contribution in [2.24, 2.45) is 7.05 Å². The molecule has 1 unspecified atom stereocenters. The van der Waals surface area contributed by atoms with Crippen LogP contribution in [0.4, 0.5) is 0 Å². The third-order valence-electron chi connectivity index (χ3n) is 3.49. The fraction of sp³-hybridized carbons (Fsp3) is 0.538. The molecule has 0 aliphatic carbocycles. The summed E-state index contributed by atoms with van der Waals surface area (Å²) in [7, 11) is 5.50. The van der Waals surface area contributed by atoms with E-state index in [4.69, 9.17) is 16.3 Å². The number of rotatable bonds is 6. The molecule has 0 saturated carbocycles. The SMILES string of the molecule is CNC(c1cnn(C)c1C)c1c(Cl)cnn1CCOC. The van der Waals surface area contributed by atoms with E-state index < -0.39 is 0 Å². The smallest absolute Gasteiger partial charge is 0.0837 e. The van der Waals surface area contributed by atoms with E-state index in [0.29, 0.717) is 18.2 Å². The quantitative estimate of drug-likeness (QED) is 0.878. The summed E-state index contributed by atoms with van der Waals surface area (Å²) in [6.07, 6.45) is 3.53. The molecule has 2 rings (SSSR count). The summed E-state index contributed by atoms with van der Waals surface area (Å²) in [6, 6.07) is -0.0458. The van der Waals surface area contributed by atoms with E-state index in [-0.39, 0.29) is 6.04 Å². The van der Waals surface area contributed by atoms with Gasteiger partial charge in [-0.3, -0.25) is 9.36 Å². The van der Waals surface area contributed by atoms with Gasteiger partial charge in [-0.2, -0.15) is 10.2 Å². The average Bonchev–Trinajstić information content (AvgIpc) is 2.96. The fourth-order valence-corrected chi connectivity index (χ4v) is 2.50. The van der Waals surface area contributed by atoms with Gasteiger partial charge >= 0.3 is 0 Å². The number of halogens is 1. The molecule has 110 valence electrons. The molecule has 0 saturated heterocycles. The summed E-state index contributed by atoms with van der Waals surface area (Å²) in [4.78, 5) is 0. The zero-order chi connectivity index (χ0) is 14.7. The van der Waals surface area contributed by atoms with Crippen molar-refractivity contribution >= 4 is 11.6 Å². The second-order valence-electron chi connectivity index (χ2n) is 4.62. The Balaban J connectivity index is 2.41. The highest BCUT2D eigenvalue weighted by molar-refractivity contribution is 6.31. The summed E-state index contributed by atoms with van der Waals surface area (Å²) >= 11 is 6.32. The molecular formula is C13H20ClN5O. The third kappa shape index (κ3) is 2.72. The molecule has 20 heavy (non-hydrogen) atoms. The van der Waals surface area contributed by atoms with Crippen molar-refractivity contribution in [3.05, 3.63) is 34.4 Å². The molecular weight excluding hydrogens is 278 g/mol. The number of nitrogens with zero attached hydrogens (tertiary/aromatic N) is 4. The molecule has 2 heterocycles. The molecule has 0 amide bonds. The van der Waals surface area contributed by atoms with Crippen LogP contribution in [-0.4, -0.2) is 40.3 Å². The Kier molecular flexibility index (Phi) is 4.80. The number of nitrogens with one attached hydrogen (secondary N) is 1. The first kappa shape index (κ1) is 15.0. The molecule has 0 aromatic carbocycles. The van der Waals surface area contributed by atoms with Crippen LogP contribution in [0.25, 0.3) is 0 Å². The Hall–Kier alpha value is -1.37. The lowest BCUT2D eigenvalue weighted by molar-refractivity contribution is 0.182. The lowest BCUT2D eigenvalue weighted by Crippen LogP contribution is -2.23. The third-order valence-corrected chi connectivity index (χ3v) is 3.78. The molecule has 0 bridgehead atoms. The molecule has 1 N–H and O–H groups in total. The highest BCUT2D eigenvalue weighted by Crippen LogP contribution is 2.29. The second kappa shape index (κ2) is 6.39. The lowest BCUT2D eigenvalue weighted by Gasteiger charge is -2.18. The molecule has 0 fully saturated rings. The molecule has 0 spiro atoms. The van der Waals surface area contributed by atoms with Crippen LogP contribution in [0.5, 0.6) is 0 Å². The highest BCUT2D eigenvalue weighted by atomic mass is 35.5. The Labute approximate surface area is 123 Å². The maximum absolute atomic E-state index is 6.32. The zero-order valence-electron chi connectivity index (χ0n) is 12.2. The van der Waals surface area contributed by atoms with Gasteiger partial charge in [0.1, 0.15) is 0 Å². The normalized spacial score (nSPS) is 12.8. The van der Waals surface area contributed by atoms with Crippen molar-refractivity contribution in [3.63, 3.8) is 0 Å². The molecule has 2 aromatic heterocycles. The van der Waals surface area contributed by atoms with Gasteiger partial charge in [-0.05, 0) is 14.0 Å². The van der Waals surface area contributed by atoms with Gasteiger partial charge < -0.3 is 10.1 Å². The molecule has 2 aromatic rings.